The van der Waals surface area contributed by atoms with E-state index < -0.39 is 40.8 Å². The minimum atomic E-state index is -1.42. The predicted octanol–water partition coefficient (Wildman–Crippen LogP) is 2.16. The largest absolute Gasteiger partial charge is 0.444 e. The Hall–Kier alpha value is -2.26. The Labute approximate surface area is 161 Å². The molecule has 2 fully saturated rings. The first-order valence-corrected chi connectivity index (χ1v) is 9.04. The van der Waals surface area contributed by atoms with Crippen LogP contribution in [0.5, 0.6) is 0 Å². The third-order valence-corrected chi connectivity index (χ3v) is 4.56. The molecule has 0 unspecified atom stereocenters. The molecule has 2 amide bonds. The first-order chi connectivity index (χ1) is 13.1. The number of amides is 2. The lowest BCUT2D eigenvalue weighted by Gasteiger charge is -2.47. The van der Waals surface area contributed by atoms with E-state index in [1.54, 1.807) is 20.8 Å². The fourth-order valence-corrected chi connectivity index (χ4v) is 3.28. The van der Waals surface area contributed by atoms with Crippen LogP contribution in [0, 0.1) is 11.6 Å². The van der Waals surface area contributed by atoms with Crippen LogP contribution >= 0.6 is 0 Å². The number of hydrogen-bond donors (Lipinski definition) is 1. The highest BCUT2D eigenvalue weighted by molar-refractivity contribution is 5.92. The van der Waals surface area contributed by atoms with Crippen molar-refractivity contribution in [3.05, 3.63) is 35.4 Å². The molecule has 2 heterocycles. The maximum absolute atomic E-state index is 13.7. The first-order valence-electron chi connectivity index (χ1n) is 9.04. The van der Waals surface area contributed by atoms with Gasteiger partial charge in [-0.1, -0.05) is 0 Å². The highest BCUT2D eigenvalue weighted by atomic mass is 19.1. The molecule has 0 aliphatic carbocycles. The second-order valence-electron chi connectivity index (χ2n) is 7.96. The lowest BCUT2D eigenvalue weighted by molar-refractivity contribution is -0.146. The van der Waals surface area contributed by atoms with Crippen molar-refractivity contribution in [1.29, 1.82) is 0 Å². The van der Waals surface area contributed by atoms with Crippen molar-refractivity contribution in [3.8, 4) is 0 Å². The second-order valence-corrected chi connectivity index (χ2v) is 7.96. The third kappa shape index (κ3) is 4.25. The Morgan fingerprint density at radius 1 is 1.18 bits per heavy atom. The SMILES string of the molecule is CC(C)(C)OC(=O)N1C[C@@H](c2cc(F)cc(F)c2)NC(=O)C12COCCOC2. The summed E-state index contributed by atoms with van der Waals surface area (Å²) in [5, 5.41) is 2.74. The predicted molar refractivity (Wildman–Crippen MR) is 94.6 cm³/mol. The average molecular weight is 398 g/mol. The van der Waals surface area contributed by atoms with Gasteiger partial charge in [0.2, 0.25) is 0 Å². The minimum absolute atomic E-state index is 0.0454. The summed E-state index contributed by atoms with van der Waals surface area (Å²) >= 11 is 0. The van der Waals surface area contributed by atoms with Crippen molar-refractivity contribution >= 4 is 12.0 Å². The van der Waals surface area contributed by atoms with Crippen LogP contribution in [0.2, 0.25) is 0 Å². The summed E-state index contributed by atoms with van der Waals surface area (Å²) in [5.74, 6) is -2.06. The van der Waals surface area contributed by atoms with Crippen LogP contribution in [0.15, 0.2) is 18.2 Å². The van der Waals surface area contributed by atoms with Crippen LogP contribution in [0.4, 0.5) is 13.6 Å². The molecule has 0 radical (unpaired) electrons. The van der Waals surface area contributed by atoms with Gasteiger partial charge in [0.25, 0.3) is 5.91 Å². The van der Waals surface area contributed by atoms with Gasteiger partial charge in [0.15, 0.2) is 5.54 Å². The fourth-order valence-electron chi connectivity index (χ4n) is 3.28. The molecule has 1 spiro atoms. The number of hydrogen-bond acceptors (Lipinski definition) is 5. The Morgan fingerprint density at radius 2 is 1.75 bits per heavy atom. The molecule has 1 aromatic rings. The molecule has 2 saturated heterocycles. The third-order valence-electron chi connectivity index (χ3n) is 4.56. The monoisotopic (exact) mass is 398 g/mol. The van der Waals surface area contributed by atoms with Crippen LogP contribution in [0.25, 0.3) is 0 Å². The van der Waals surface area contributed by atoms with Crippen LogP contribution in [0.1, 0.15) is 32.4 Å². The van der Waals surface area contributed by atoms with Gasteiger partial charge in [0.1, 0.15) is 17.2 Å². The van der Waals surface area contributed by atoms with E-state index in [4.69, 9.17) is 14.2 Å². The number of carbonyl (C=O) groups is 2. The van der Waals surface area contributed by atoms with E-state index in [0.717, 1.165) is 18.2 Å². The Kier molecular flexibility index (Phi) is 5.58. The van der Waals surface area contributed by atoms with Gasteiger partial charge in [0, 0.05) is 12.6 Å². The minimum Gasteiger partial charge on any atom is -0.444 e. The van der Waals surface area contributed by atoms with Crippen molar-refractivity contribution < 1.29 is 32.6 Å². The molecule has 2 aliphatic heterocycles. The smallest absolute Gasteiger partial charge is 0.411 e. The summed E-state index contributed by atoms with van der Waals surface area (Å²) in [5.41, 5.74) is -2.00. The lowest BCUT2D eigenvalue weighted by atomic mass is 9.91. The van der Waals surface area contributed by atoms with Crippen LogP contribution in [-0.2, 0) is 19.0 Å². The summed E-state index contributed by atoms with van der Waals surface area (Å²) in [7, 11) is 0. The molecule has 2 aliphatic rings. The molecule has 0 bridgehead atoms. The Balaban J connectivity index is 1.96. The number of halogens is 2. The fraction of sp³-hybridized carbons (Fsp3) is 0.579. The Bertz CT molecular complexity index is 737. The number of piperazine rings is 1. The average Bonchev–Trinajstić information content (AvgIpc) is 2.81. The van der Waals surface area contributed by atoms with E-state index in [2.05, 4.69) is 5.32 Å². The number of rotatable bonds is 1. The van der Waals surface area contributed by atoms with Gasteiger partial charge in [0.05, 0.1) is 32.5 Å². The quantitative estimate of drug-likeness (QED) is 0.785. The molecule has 1 aromatic carbocycles. The lowest BCUT2D eigenvalue weighted by Crippen LogP contribution is -2.71. The molecule has 1 N–H and O–H groups in total. The van der Waals surface area contributed by atoms with E-state index >= 15 is 0 Å². The summed E-state index contributed by atoms with van der Waals surface area (Å²) in [4.78, 5) is 27.2. The van der Waals surface area contributed by atoms with Gasteiger partial charge in [-0.3, -0.25) is 9.69 Å². The molecule has 154 valence electrons. The Morgan fingerprint density at radius 3 is 2.29 bits per heavy atom. The molecule has 7 nitrogen and oxygen atoms in total. The maximum atomic E-state index is 13.7. The van der Waals surface area contributed by atoms with Gasteiger partial charge in [-0.25, -0.2) is 13.6 Å². The first kappa shape index (κ1) is 20.5. The highest BCUT2D eigenvalue weighted by Gasteiger charge is 2.53. The molecular weight excluding hydrogens is 374 g/mol. The molecule has 9 heteroatoms. The van der Waals surface area contributed by atoms with Gasteiger partial charge < -0.3 is 19.5 Å². The van der Waals surface area contributed by atoms with Gasteiger partial charge >= 0.3 is 6.09 Å². The number of benzene rings is 1. The summed E-state index contributed by atoms with van der Waals surface area (Å²) in [6.07, 6.45) is -0.724. The van der Waals surface area contributed by atoms with Crippen LogP contribution in [-0.4, -0.2) is 61.0 Å². The number of nitrogens with zero attached hydrogens (tertiary/aromatic N) is 1. The van der Waals surface area contributed by atoms with E-state index in [1.165, 1.54) is 4.90 Å². The molecule has 3 rings (SSSR count). The standard InChI is InChI=1S/C19H24F2N2O5/c1-18(2,3)28-17(25)23-9-15(12-6-13(20)8-14(21)7-12)22-16(24)19(23)10-26-4-5-27-11-19/h6-8,15H,4-5,9-11H2,1-3H3,(H,22,24)/t15-/m0/s1. The van der Waals surface area contributed by atoms with Crippen LogP contribution in [0.3, 0.4) is 0 Å². The zero-order valence-electron chi connectivity index (χ0n) is 16.1. The van der Waals surface area contributed by atoms with Crippen LogP contribution < -0.4 is 5.32 Å². The number of ether oxygens (including phenoxy) is 3. The number of nitrogens with one attached hydrogen (secondary N) is 1. The van der Waals surface area contributed by atoms with E-state index in [-0.39, 0.29) is 38.5 Å². The normalized spacial score (nSPS) is 22.5. The second kappa shape index (κ2) is 7.63. The molecule has 0 aromatic heterocycles. The summed E-state index contributed by atoms with van der Waals surface area (Å²) in [6, 6.07) is 2.19. The van der Waals surface area contributed by atoms with Crippen molar-refractivity contribution in [1.82, 2.24) is 10.2 Å². The van der Waals surface area contributed by atoms with E-state index in [9.17, 15) is 18.4 Å². The molecule has 28 heavy (non-hydrogen) atoms. The van der Waals surface area contributed by atoms with Crippen molar-refractivity contribution in [2.45, 2.75) is 38.0 Å². The van der Waals surface area contributed by atoms with E-state index in [0.29, 0.717) is 0 Å². The molecule has 1 atom stereocenters. The van der Waals surface area contributed by atoms with Crippen molar-refractivity contribution in [2.24, 2.45) is 0 Å². The van der Waals surface area contributed by atoms with Gasteiger partial charge in [-0.05, 0) is 38.5 Å². The summed E-state index contributed by atoms with van der Waals surface area (Å²) < 4.78 is 43.8. The molecular formula is C19H24F2N2O5. The maximum Gasteiger partial charge on any atom is 0.411 e. The van der Waals surface area contributed by atoms with Gasteiger partial charge in [-0.2, -0.15) is 0 Å². The zero-order chi connectivity index (χ0) is 20.5. The number of carbonyl (C=O) groups excluding carboxylic acids is 2. The van der Waals surface area contributed by atoms with Gasteiger partial charge in [-0.15, -0.1) is 0 Å². The van der Waals surface area contributed by atoms with Crippen molar-refractivity contribution in [3.63, 3.8) is 0 Å². The highest BCUT2D eigenvalue weighted by Crippen LogP contribution is 2.31. The van der Waals surface area contributed by atoms with Crippen molar-refractivity contribution in [2.75, 3.05) is 33.0 Å². The van der Waals surface area contributed by atoms with E-state index in [1.807, 2.05) is 0 Å². The summed E-state index contributed by atoms with van der Waals surface area (Å²) in [6.45, 7) is 5.52. The topological polar surface area (TPSA) is 77.1 Å². The molecule has 0 saturated carbocycles. The zero-order valence-corrected chi connectivity index (χ0v) is 16.1.